The summed E-state index contributed by atoms with van der Waals surface area (Å²) in [5.41, 5.74) is 1.07. The van der Waals surface area contributed by atoms with Crippen molar-refractivity contribution in [3.63, 3.8) is 0 Å². The quantitative estimate of drug-likeness (QED) is 0.717. The zero-order chi connectivity index (χ0) is 12.0. The van der Waals surface area contributed by atoms with E-state index in [-0.39, 0.29) is 25.2 Å². The van der Waals surface area contributed by atoms with Gasteiger partial charge in [-0.25, -0.2) is 0 Å². The van der Waals surface area contributed by atoms with Crippen molar-refractivity contribution in [2.45, 2.75) is 25.9 Å². The number of carbonyl (C=O) groups excluding carboxylic acids is 1. The largest absolute Gasteiger partial charge is 0.481 e. The molecule has 0 heterocycles. The lowest BCUT2D eigenvalue weighted by Gasteiger charge is -2.05. The number of aliphatic carboxylic acids is 1. The first-order chi connectivity index (χ1) is 7.65. The smallest absolute Gasteiger partial charge is 0.303 e. The van der Waals surface area contributed by atoms with Crippen LogP contribution in [0, 0.1) is 0 Å². The van der Waals surface area contributed by atoms with Gasteiger partial charge in [0.1, 0.15) is 0 Å². The molecular weight excluding hydrogens is 208 g/mol. The summed E-state index contributed by atoms with van der Waals surface area (Å²) in [6, 6.07) is 6.81. The van der Waals surface area contributed by atoms with Crippen molar-refractivity contribution in [2.24, 2.45) is 0 Å². The summed E-state index contributed by atoms with van der Waals surface area (Å²) in [5.74, 6) is -1.02. The standard InChI is InChI=1S/C12H14O4/c13-8-9-4-1-2-5-10(9)11(14)6-3-7-12(15)16/h1-2,4-5,13H,3,6-8H2,(H,15,16). The van der Waals surface area contributed by atoms with Gasteiger partial charge in [0.25, 0.3) is 0 Å². The van der Waals surface area contributed by atoms with Crippen molar-refractivity contribution < 1.29 is 19.8 Å². The van der Waals surface area contributed by atoms with Crippen LogP contribution < -0.4 is 0 Å². The van der Waals surface area contributed by atoms with Gasteiger partial charge in [-0.15, -0.1) is 0 Å². The maximum atomic E-state index is 11.7. The lowest BCUT2D eigenvalue weighted by atomic mass is 10.0. The molecule has 0 saturated heterocycles. The number of Topliss-reactive ketones (excluding diaryl/α,β-unsaturated/α-hetero) is 1. The zero-order valence-electron chi connectivity index (χ0n) is 8.85. The molecule has 4 heteroatoms. The van der Waals surface area contributed by atoms with Gasteiger partial charge >= 0.3 is 5.97 Å². The van der Waals surface area contributed by atoms with Gasteiger partial charge in [0, 0.05) is 18.4 Å². The Morgan fingerprint density at radius 2 is 1.81 bits per heavy atom. The molecule has 0 aromatic heterocycles. The van der Waals surface area contributed by atoms with E-state index in [1.807, 2.05) is 0 Å². The van der Waals surface area contributed by atoms with Crippen molar-refractivity contribution in [1.82, 2.24) is 0 Å². The molecule has 0 radical (unpaired) electrons. The van der Waals surface area contributed by atoms with Gasteiger partial charge in [-0.05, 0) is 12.0 Å². The molecule has 4 nitrogen and oxygen atoms in total. The Kier molecular flexibility index (Phi) is 4.66. The van der Waals surface area contributed by atoms with Gasteiger partial charge < -0.3 is 10.2 Å². The number of hydrogen-bond acceptors (Lipinski definition) is 3. The predicted molar refractivity (Wildman–Crippen MR) is 58.2 cm³/mol. The molecule has 1 rings (SSSR count). The molecule has 0 unspecified atom stereocenters. The lowest BCUT2D eigenvalue weighted by Crippen LogP contribution is -2.05. The average Bonchev–Trinajstić information content (AvgIpc) is 2.28. The van der Waals surface area contributed by atoms with Gasteiger partial charge in [0.15, 0.2) is 5.78 Å². The van der Waals surface area contributed by atoms with E-state index in [1.54, 1.807) is 24.3 Å². The van der Waals surface area contributed by atoms with Gasteiger partial charge in [-0.2, -0.15) is 0 Å². The average molecular weight is 222 g/mol. The van der Waals surface area contributed by atoms with Crippen LogP contribution in [-0.4, -0.2) is 22.0 Å². The highest BCUT2D eigenvalue weighted by atomic mass is 16.4. The fourth-order valence-electron chi connectivity index (χ4n) is 1.47. The molecule has 0 atom stereocenters. The number of ketones is 1. The number of carboxylic acid groups (broad SMARTS) is 1. The summed E-state index contributed by atoms with van der Waals surface area (Å²) in [6.45, 7) is -0.180. The van der Waals surface area contributed by atoms with Gasteiger partial charge in [-0.1, -0.05) is 24.3 Å². The minimum absolute atomic E-state index is 0.00691. The molecule has 0 bridgehead atoms. The Bertz CT molecular complexity index is 384. The van der Waals surface area contributed by atoms with E-state index in [0.717, 1.165) is 0 Å². The van der Waals surface area contributed by atoms with Crippen molar-refractivity contribution in [3.05, 3.63) is 35.4 Å². The Labute approximate surface area is 93.5 Å². The molecular formula is C12H14O4. The molecule has 0 aliphatic heterocycles. The van der Waals surface area contributed by atoms with Crippen molar-refractivity contribution in [1.29, 1.82) is 0 Å². The highest BCUT2D eigenvalue weighted by Gasteiger charge is 2.10. The molecule has 0 aliphatic carbocycles. The SMILES string of the molecule is O=C(O)CCCC(=O)c1ccccc1CO. The van der Waals surface area contributed by atoms with E-state index in [9.17, 15) is 9.59 Å². The Hall–Kier alpha value is -1.68. The van der Waals surface area contributed by atoms with Crippen LogP contribution in [0.3, 0.4) is 0 Å². The molecule has 0 aliphatic rings. The second kappa shape index (κ2) is 6.02. The number of carbonyl (C=O) groups is 2. The molecule has 2 N–H and O–H groups in total. The van der Waals surface area contributed by atoms with E-state index in [0.29, 0.717) is 17.5 Å². The van der Waals surface area contributed by atoms with Crippen molar-refractivity contribution >= 4 is 11.8 Å². The first-order valence-electron chi connectivity index (χ1n) is 5.09. The van der Waals surface area contributed by atoms with E-state index < -0.39 is 5.97 Å². The van der Waals surface area contributed by atoms with Crippen molar-refractivity contribution in [2.75, 3.05) is 0 Å². The van der Waals surface area contributed by atoms with E-state index in [2.05, 4.69) is 0 Å². The fraction of sp³-hybridized carbons (Fsp3) is 0.333. The molecule has 0 amide bonds. The van der Waals surface area contributed by atoms with Crippen LogP contribution in [0.5, 0.6) is 0 Å². The van der Waals surface area contributed by atoms with Gasteiger partial charge in [-0.3, -0.25) is 9.59 Å². The summed E-state index contributed by atoms with van der Waals surface area (Å²) in [4.78, 5) is 22.0. The minimum Gasteiger partial charge on any atom is -0.481 e. The number of aliphatic hydroxyl groups excluding tert-OH is 1. The number of aliphatic hydroxyl groups is 1. The van der Waals surface area contributed by atoms with Gasteiger partial charge in [0.2, 0.25) is 0 Å². The van der Waals surface area contributed by atoms with E-state index >= 15 is 0 Å². The topological polar surface area (TPSA) is 74.6 Å². The normalized spacial score (nSPS) is 10.1. The van der Waals surface area contributed by atoms with Crippen LogP contribution in [-0.2, 0) is 11.4 Å². The van der Waals surface area contributed by atoms with Crippen LogP contribution >= 0.6 is 0 Å². The number of benzene rings is 1. The van der Waals surface area contributed by atoms with E-state index in [1.165, 1.54) is 0 Å². The van der Waals surface area contributed by atoms with Crippen LogP contribution in [0.2, 0.25) is 0 Å². The third-order valence-electron chi connectivity index (χ3n) is 2.28. The summed E-state index contributed by atoms with van der Waals surface area (Å²) in [7, 11) is 0. The maximum absolute atomic E-state index is 11.7. The summed E-state index contributed by atoms with van der Waals surface area (Å²) < 4.78 is 0. The van der Waals surface area contributed by atoms with Crippen molar-refractivity contribution in [3.8, 4) is 0 Å². The first-order valence-corrected chi connectivity index (χ1v) is 5.09. The lowest BCUT2D eigenvalue weighted by molar-refractivity contribution is -0.137. The monoisotopic (exact) mass is 222 g/mol. The maximum Gasteiger partial charge on any atom is 0.303 e. The summed E-state index contributed by atoms with van der Waals surface area (Å²) in [5, 5.41) is 17.5. The number of rotatable bonds is 6. The predicted octanol–water partition coefficient (Wildman–Crippen LogP) is 1.62. The summed E-state index contributed by atoms with van der Waals surface area (Å²) >= 11 is 0. The van der Waals surface area contributed by atoms with Crippen LogP contribution in [0.25, 0.3) is 0 Å². The first kappa shape index (κ1) is 12.4. The Balaban J connectivity index is 2.62. The fourth-order valence-corrected chi connectivity index (χ4v) is 1.47. The highest BCUT2D eigenvalue weighted by Crippen LogP contribution is 2.12. The number of carboxylic acids is 1. The number of hydrogen-bond donors (Lipinski definition) is 2. The van der Waals surface area contributed by atoms with Crippen LogP contribution in [0.4, 0.5) is 0 Å². The van der Waals surface area contributed by atoms with Gasteiger partial charge in [0.05, 0.1) is 6.61 Å². The highest BCUT2D eigenvalue weighted by molar-refractivity contribution is 5.97. The minimum atomic E-state index is -0.900. The zero-order valence-corrected chi connectivity index (χ0v) is 8.85. The molecule has 0 saturated carbocycles. The molecule has 0 spiro atoms. The molecule has 16 heavy (non-hydrogen) atoms. The second-order valence-corrected chi connectivity index (χ2v) is 3.49. The van der Waals surface area contributed by atoms with Crippen LogP contribution in [0.15, 0.2) is 24.3 Å². The molecule has 0 fully saturated rings. The van der Waals surface area contributed by atoms with E-state index in [4.69, 9.17) is 10.2 Å². The molecule has 1 aromatic rings. The van der Waals surface area contributed by atoms with Crippen LogP contribution in [0.1, 0.15) is 35.2 Å². The third kappa shape index (κ3) is 3.47. The molecule has 86 valence electrons. The third-order valence-corrected chi connectivity index (χ3v) is 2.28. The second-order valence-electron chi connectivity index (χ2n) is 3.49. The molecule has 1 aromatic carbocycles. The summed E-state index contributed by atoms with van der Waals surface area (Å²) in [6.07, 6.45) is 0.518. The Morgan fingerprint density at radius 3 is 2.44 bits per heavy atom. The Morgan fingerprint density at radius 1 is 1.12 bits per heavy atom.